The number of hydrogen-bond acceptors (Lipinski definition) is 5. The van der Waals surface area contributed by atoms with Gasteiger partial charge in [0.2, 0.25) is 0 Å². The van der Waals surface area contributed by atoms with Gasteiger partial charge < -0.3 is 4.74 Å². The van der Waals surface area contributed by atoms with E-state index in [2.05, 4.69) is 0 Å². The Morgan fingerprint density at radius 1 is 1.22 bits per heavy atom. The summed E-state index contributed by atoms with van der Waals surface area (Å²) < 4.78 is 6.71. The number of aryl methyl sites for hydroxylation is 2. The number of nitrogens with zero attached hydrogens (tertiary/aromatic N) is 2. The Morgan fingerprint density at radius 2 is 1.89 bits per heavy atom. The average Bonchev–Trinajstić information content (AvgIpc) is 3.06. The lowest BCUT2D eigenvalue weighted by Gasteiger charge is -2.27. The van der Waals surface area contributed by atoms with Crippen molar-refractivity contribution in [2.24, 2.45) is 0 Å². The van der Waals surface area contributed by atoms with Gasteiger partial charge in [-0.05, 0) is 33.3 Å². The van der Waals surface area contributed by atoms with Crippen LogP contribution in [0.15, 0.2) is 34.4 Å². The van der Waals surface area contributed by atoms with Gasteiger partial charge in [0.25, 0.3) is 5.56 Å². The third-order valence-electron chi connectivity index (χ3n) is 4.69. The Kier molecular flexibility index (Phi) is 5.20. The number of carbonyl (C=O) groups excluding carboxylic acids is 1. The van der Waals surface area contributed by atoms with Crippen molar-refractivity contribution >= 4 is 27.5 Å². The Labute approximate surface area is 162 Å². The Balaban J connectivity index is 2.30. The first-order valence-corrected chi connectivity index (χ1v) is 9.97. The molecule has 0 bridgehead atoms. The number of rotatable bonds is 5. The molecule has 0 radical (unpaired) electrons. The van der Waals surface area contributed by atoms with Gasteiger partial charge in [0.05, 0.1) is 12.0 Å². The highest BCUT2D eigenvalue weighted by molar-refractivity contribution is 7.17. The second kappa shape index (κ2) is 7.27. The van der Waals surface area contributed by atoms with Crippen molar-refractivity contribution in [2.45, 2.75) is 46.6 Å². The summed E-state index contributed by atoms with van der Waals surface area (Å²) in [6, 6.07) is 8.05. The lowest BCUT2D eigenvalue weighted by atomic mass is 10.0. The number of ether oxygens (including phenoxy) is 1. The summed E-state index contributed by atoms with van der Waals surface area (Å²) in [6.07, 6.45) is 0.547. The van der Waals surface area contributed by atoms with Crippen LogP contribution in [-0.2, 0) is 21.5 Å². The highest BCUT2D eigenvalue weighted by Gasteiger charge is 2.35. The molecule has 0 N–H and O–H groups in total. The molecule has 1 aromatic carbocycles. The molecule has 142 valence electrons. The smallest absolute Gasteiger partial charge is 0.331 e. The minimum absolute atomic E-state index is 0.202. The minimum atomic E-state index is -1.13. The average molecular weight is 385 g/mol. The number of carbonyl (C=O) groups is 1. The maximum Gasteiger partial charge on any atom is 0.331 e. The summed E-state index contributed by atoms with van der Waals surface area (Å²) in [7, 11) is 0. The number of benzene rings is 1. The van der Waals surface area contributed by atoms with Gasteiger partial charge in [0.15, 0.2) is 0 Å². The molecule has 0 atom stereocenters. The lowest BCUT2D eigenvalue weighted by molar-refractivity contribution is -0.152. The number of esters is 1. The number of fused-ring (bicyclic) bond motifs is 1. The summed E-state index contributed by atoms with van der Waals surface area (Å²) in [5.74, 6) is 0.151. The van der Waals surface area contributed by atoms with E-state index >= 15 is 0 Å². The quantitative estimate of drug-likeness (QED) is 0.616. The normalized spacial score (nSPS) is 11.7. The third-order valence-corrected chi connectivity index (χ3v) is 5.56. The van der Waals surface area contributed by atoms with E-state index in [0.29, 0.717) is 22.5 Å². The maximum absolute atomic E-state index is 13.5. The van der Waals surface area contributed by atoms with Crippen LogP contribution < -0.4 is 5.56 Å². The van der Waals surface area contributed by atoms with Crippen LogP contribution in [0.5, 0.6) is 0 Å². The highest BCUT2D eigenvalue weighted by Crippen LogP contribution is 2.32. The molecule has 0 saturated carbocycles. The van der Waals surface area contributed by atoms with Crippen molar-refractivity contribution in [1.82, 2.24) is 9.55 Å². The number of hydrogen-bond donors (Lipinski definition) is 0. The molecular formula is C21H24N2O3S. The fourth-order valence-electron chi connectivity index (χ4n) is 3.19. The fraction of sp³-hybridized carbons (Fsp3) is 0.381. The van der Waals surface area contributed by atoms with E-state index in [1.165, 1.54) is 15.9 Å². The fourth-order valence-corrected chi connectivity index (χ4v) is 4.15. The number of aromatic nitrogens is 2. The molecule has 6 heteroatoms. The largest absolute Gasteiger partial charge is 0.464 e. The second-order valence-corrected chi connectivity index (χ2v) is 7.86. The van der Waals surface area contributed by atoms with Crippen LogP contribution in [0.2, 0.25) is 0 Å². The molecule has 3 rings (SSSR count). The molecule has 0 fully saturated rings. The molecule has 27 heavy (non-hydrogen) atoms. The van der Waals surface area contributed by atoms with E-state index in [-0.39, 0.29) is 12.2 Å². The van der Waals surface area contributed by atoms with Gasteiger partial charge in [-0.15, -0.1) is 11.3 Å². The molecule has 0 amide bonds. The van der Waals surface area contributed by atoms with Crippen LogP contribution in [0.25, 0.3) is 21.3 Å². The summed E-state index contributed by atoms with van der Waals surface area (Å²) in [6.45, 7) is 9.39. The van der Waals surface area contributed by atoms with Gasteiger partial charge in [-0.25, -0.2) is 9.78 Å². The van der Waals surface area contributed by atoms with Crippen LogP contribution in [0.1, 0.15) is 39.1 Å². The van der Waals surface area contributed by atoms with Crippen LogP contribution in [0.3, 0.4) is 0 Å². The summed E-state index contributed by atoms with van der Waals surface area (Å²) in [5, 5.41) is 2.52. The van der Waals surface area contributed by atoms with Crippen molar-refractivity contribution in [2.75, 3.05) is 6.61 Å². The van der Waals surface area contributed by atoms with Gasteiger partial charge in [-0.3, -0.25) is 9.36 Å². The zero-order valence-corrected chi connectivity index (χ0v) is 17.1. The number of thiophene rings is 1. The predicted octanol–water partition coefficient (Wildman–Crippen LogP) is 4.29. The molecule has 2 heterocycles. The minimum Gasteiger partial charge on any atom is -0.464 e. The van der Waals surface area contributed by atoms with Crippen molar-refractivity contribution in [3.8, 4) is 11.1 Å². The summed E-state index contributed by atoms with van der Waals surface area (Å²) >= 11 is 1.45. The van der Waals surface area contributed by atoms with Crippen LogP contribution in [-0.4, -0.2) is 22.1 Å². The first-order chi connectivity index (χ1) is 12.8. The molecule has 2 aromatic heterocycles. The molecule has 0 unspecified atom stereocenters. The van der Waals surface area contributed by atoms with E-state index in [9.17, 15) is 9.59 Å². The van der Waals surface area contributed by atoms with Crippen molar-refractivity contribution < 1.29 is 9.53 Å². The predicted molar refractivity (Wildman–Crippen MR) is 109 cm³/mol. The molecule has 0 spiro atoms. The van der Waals surface area contributed by atoms with Gasteiger partial charge >= 0.3 is 5.97 Å². The first kappa shape index (κ1) is 19.3. The van der Waals surface area contributed by atoms with Crippen LogP contribution in [0.4, 0.5) is 0 Å². The lowest BCUT2D eigenvalue weighted by Crippen LogP contribution is -2.45. The van der Waals surface area contributed by atoms with E-state index in [1.807, 2.05) is 43.5 Å². The first-order valence-electron chi connectivity index (χ1n) is 9.09. The highest BCUT2D eigenvalue weighted by atomic mass is 32.1. The van der Waals surface area contributed by atoms with Crippen LogP contribution in [0, 0.1) is 6.92 Å². The second-order valence-electron chi connectivity index (χ2n) is 7.00. The molecule has 0 aliphatic rings. The molecular weight excluding hydrogens is 360 g/mol. The van der Waals surface area contributed by atoms with E-state index in [1.54, 1.807) is 20.8 Å². The van der Waals surface area contributed by atoms with Gasteiger partial charge in [-0.2, -0.15) is 0 Å². The summed E-state index contributed by atoms with van der Waals surface area (Å²) in [4.78, 5) is 31.5. The topological polar surface area (TPSA) is 61.2 Å². The SMILES string of the molecule is CCOC(=O)C(C)(C)n1c(CC)nc2scc(-c3ccc(C)cc3)c2c1=O. The molecule has 0 aliphatic heterocycles. The Bertz CT molecular complexity index is 1050. The van der Waals surface area contributed by atoms with Gasteiger partial charge in [-0.1, -0.05) is 36.8 Å². The maximum atomic E-state index is 13.5. The summed E-state index contributed by atoms with van der Waals surface area (Å²) in [5.41, 5.74) is 1.64. The third kappa shape index (κ3) is 3.30. The monoisotopic (exact) mass is 384 g/mol. The zero-order chi connectivity index (χ0) is 19.8. The Morgan fingerprint density at radius 3 is 2.48 bits per heavy atom. The zero-order valence-electron chi connectivity index (χ0n) is 16.3. The van der Waals surface area contributed by atoms with Gasteiger partial charge in [0.1, 0.15) is 16.2 Å². The van der Waals surface area contributed by atoms with Crippen LogP contribution >= 0.6 is 11.3 Å². The van der Waals surface area contributed by atoms with E-state index < -0.39 is 11.5 Å². The molecule has 0 saturated heterocycles. The van der Waals surface area contributed by atoms with Crippen molar-refractivity contribution in [3.63, 3.8) is 0 Å². The standard InChI is InChI=1S/C21H24N2O3S/c1-6-16-22-18-17(15(12-27-18)14-10-8-13(3)9-11-14)19(24)23(16)21(4,5)20(25)26-7-2/h8-12H,6-7H2,1-5H3. The van der Waals surface area contributed by atoms with Crippen molar-refractivity contribution in [3.05, 3.63) is 51.4 Å². The van der Waals surface area contributed by atoms with E-state index in [0.717, 1.165) is 16.7 Å². The molecule has 0 aliphatic carbocycles. The Hall–Kier alpha value is -2.47. The van der Waals surface area contributed by atoms with Crippen molar-refractivity contribution in [1.29, 1.82) is 0 Å². The molecule has 3 aromatic rings. The van der Waals surface area contributed by atoms with Gasteiger partial charge in [0, 0.05) is 17.4 Å². The van der Waals surface area contributed by atoms with E-state index in [4.69, 9.17) is 9.72 Å². The molecule has 5 nitrogen and oxygen atoms in total.